The summed E-state index contributed by atoms with van der Waals surface area (Å²) >= 11 is 6.42. The second-order valence-electron chi connectivity index (χ2n) is 35.6. The van der Waals surface area contributed by atoms with Gasteiger partial charge in [0.2, 0.25) is 0 Å². The number of halogens is 2. The Morgan fingerprint density at radius 3 is 0.935 bits per heavy atom. The summed E-state index contributed by atoms with van der Waals surface area (Å²) in [6.45, 7) is 4.30. The molecule has 0 atom stereocenters. The lowest BCUT2D eigenvalue weighted by Gasteiger charge is -2.45. The summed E-state index contributed by atoms with van der Waals surface area (Å²) < 4.78 is 13.3. The average molecular weight is 1690 g/mol. The second-order valence-corrected chi connectivity index (χ2v) is 36.0. The van der Waals surface area contributed by atoms with Crippen LogP contribution in [0.25, 0.3) is 43.6 Å². The van der Waals surface area contributed by atoms with E-state index in [1.165, 1.54) is 34.4 Å². The molecule has 8 N–H and O–H groups in total. The standard InChI is InChI=1S/2C26H31N3O2.C25H28ClN3O2.C25H28FN3O2/c1-18-7-6-8-19(15-18)16-26(29(2)3)13-11-20(12-14-26)28-25(31)24(30)22-17-27-23-10-5-4-9-21(22)23;1-18-8-4-5-9-19(18)16-26(29(2)3)14-12-20(13-15-26)28-25(31)24(30)22-17-27-23-11-7-6-10-21(22)23;1-29(2)25(15-17-7-3-5-9-21(17)26)13-11-18(12-14-25)28-24(31)23(30)20-16-27-22-10-6-4-8-19(20)22;1-29(2)25(15-17-7-9-18(26)10-8-17)13-11-19(12-14-25)28-24(31)23(30)21-16-27-22-6-4-3-5-20(21)22/h4-10,15,17,20,27H,11-14,16H2,1-3H3,(H,28,31);4-11,17,20,27H,12-16H2,1-3H3,(H,28,31);3-10,16,18,27H,11-15H2,1-2H3,(H,28,31);3-10,16,19,27H,11-15H2,1-2H3,(H,28,31). The van der Waals surface area contributed by atoms with Gasteiger partial charge in [-0.1, -0.05) is 169 Å². The summed E-state index contributed by atoms with van der Waals surface area (Å²) in [7, 11) is 17.0. The first kappa shape index (κ1) is 90.3. The van der Waals surface area contributed by atoms with Crippen molar-refractivity contribution in [2.45, 2.75) is 189 Å². The van der Waals surface area contributed by atoms with E-state index in [0.717, 1.165) is 188 Å². The quantitative estimate of drug-likeness (QED) is 0.0208. The van der Waals surface area contributed by atoms with E-state index in [2.05, 4.69) is 186 Å². The second kappa shape index (κ2) is 40.0. The summed E-state index contributed by atoms with van der Waals surface area (Å²) in [6, 6.07) is 62.1. The number of nitrogens with one attached hydrogen (secondary N) is 8. The molecular formula is C102H118ClFN12O8. The van der Waals surface area contributed by atoms with Gasteiger partial charge in [0, 0.05) is 120 Å². The van der Waals surface area contributed by atoms with Crippen molar-refractivity contribution < 1.29 is 42.7 Å². The van der Waals surface area contributed by atoms with E-state index < -0.39 is 46.8 Å². The van der Waals surface area contributed by atoms with Gasteiger partial charge in [-0.3, -0.25) is 38.4 Å². The van der Waals surface area contributed by atoms with E-state index in [9.17, 15) is 42.7 Å². The van der Waals surface area contributed by atoms with Crippen molar-refractivity contribution in [2.24, 2.45) is 0 Å². The predicted molar refractivity (Wildman–Crippen MR) is 493 cm³/mol. The van der Waals surface area contributed by atoms with Crippen LogP contribution in [0.5, 0.6) is 0 Å². The minimum absolute atomic E-state index is 0.000904. The highest BCUT2D eigenvalue weighted by atomic mass is 35.5. The number of carbonyl (C=O) groups is 8. The number of nitrogens with zero attached hydrogens (tertiary/aromatic N) is 4. The van der Waals surface area contributed by atoms with Gasteiger partial charge in [0.25, 0.3) is 46.8 Å². The molecule has 4 heterocycles. The lowest BCUT2D eigenvalue weighted by atomic mass is 9.74. The van der Waals surface area contributed by atoms with Crippen LogP contribution in [-0.2, 0) is 44.9 Å². The maximum atomic E-state index is 13.3. The van der Waals surface area contributed by atoms with E-state index >= 15 is 0 Å². The fraction of sp³-hybridized carbons (Fsp3) is 0.373. The molecule has 4 aliphatic rings. The van der Waals surface area contributed by atoms with E-state index in [1.54, 1.807) is 24.8 Å². The Hall–Kier alpha value is -11.5. The molecule has 4 fully saturated rings. The molecule has 0 spiro atoms. The molecule has 0 saturated heterocycles. The fourth-order valence-corrected chi connectivity index (χ4v) is 19.4. The van der Waals surface area contributed by atoms with Crippen LogP contribution < -0.4 is 21.3 Å². The van der Waals surface area contributed by atoms with Gasteiger partial charge in [-0.25, -0.2) is 4.39 Å². The van der Waals surface area contributed by atoms with Gasteiger partial charge >= 0.3 is 0 Å². The van der Waals surface area contributed by atoms with Gasteiger partial charge in [-0.2, -0.15) is 0 Å². The van der Waals surface area contributed by atoms with Crippen LogP contribution in [0.1, 0.15) is 178 Å². The Bertz CT molecular complexity index is 5590. The minimum Gasteiger partial charge on any atom is -0.360 e. The lowest BCUT2D eigenvalue weighted by Crippen LogP contribution is -2.52. The highest BCUT2D eigenvalue weighted by Crippen LogP contribution is 2.41. The summed E-state index contributed by atoms with van der Waals surface area (Å²) in [6.07, 6.45) is 24.5. The number of para-hydroxylation sites is 4. The van der Waals surface area contributed by atoms with E-state index in [0.29, 0.717) is 22.3 Å². The molecule has 22 heteroatoms. The number of rotatable bonds is 24. The van der Waals surface area contributed by atoms with Gasteiger partial charge in [-0.05, 0) is 269 Å². The molecule has 12 aromatic rings. The summed E-state index contributed by atoms with van der Waals surface area (Å²) in [5, 5.41) is 15.8. The first-order valence-electron chi connectivity index (χ1n) is 43.5. The SMILES string of the molecule is CN(C)C1(Cc2ccc(F)cc2)CCC(NC(=O)C(=O)c2c[nH]c3ccccc23)CC1.CN(C)C1(Cc2ccccc2Cl)CCC(NC(=O)C(=O)c2c[nH]c3ccccc23)CC1.Cc1cccc(CC2(N(C)C)CCC(NC(=O)C(=O)c3c[nH]c4ccccc34)CC2)c1.Cc1ccccc1CC1(N(C)C)CCC(NC(=O)C(=O)c2c[nH]c3ccccc23)CC1. The van der Waals surface area contributed by atoms with E-state index in [-0.39, 0.29) is 52.1 Å². The Morgan fingerprint density at radius 2 is 0.621 bits per heavy atom. The number of H-pyrrole nitrogens is 4. The van der Waals surface area contributed by atoms with Crippen molar-refractivity contribution in [3.63, 3.8) is 0 Å². The number of fused-ring (bicyclic) bond motifs is 4. The third-order valence-corrected chi connectivity index (χ3v) is 27.7. The fourth-order valence-electron chi connectivity index (χ4n) is 19.2. The average Bonchev–Trinajstić information content (AvgIpc) is 1.67. The summed E-state index contributed by atoms with van der Waals surface area (Å²) in [5.41, 5.74) is 12.8. The van der Waals surface area contributed by atoms with Crippen LogP contribution in [0, 0.1) is 19.7 Å². The highest BCUT2D eigenvalue weighted by molar-refractivity contribution is 6.47. The lowest BCUT2D eigenvalue weighted by molar-refractivity contribution is -0.118. The molecule has 4 amide bonds. The van der Waals surface area contributed by atoms with Crippen molar-refractivity contribution in [2.75, 3.05) is 56.4 Å². The maximum absolute atomic E-state index is 13.3. The molecule has 0 unspecified atom stereocenters. The number of ketones is 4. The number of hydrogen-bond acceptors (Lipinski definition) is 12. The van der Waals surface area contributed by atoms with Crippen molar-refractivity contribution in [3.05, 3.63) is 285 Å². The third-order valence-electron chi connectivity index (χ3n) is 27.3. The van der Waals surface area contributed by atoms with Crippen molar-refractivity contribution >= 4 is 102 Å². The van der Waals surface area contributed by atoms with Gasteiger partial charge in [0.05, 0.1) is 22.3 Å². The van der Waals surface area contributed by atoms with Gasteiger partial charge < -0.3 is 60.8 Å². The number of aromatic amines is 4. The van der Waals surface area contributed by atoms with Crippen LogP contribution in [-0.4, -0.2) is 189 Å². The van der Waals surface area contributed by atoms with Crippen LogP contribution >= 0.6 is 11.6 Å². The molecule has 16 rings (SSSR count). The zero-order valence-corrected chi connectivity index (χ0v) is 73.8. The molecule has 20 nitrogen and oxygen atoms in total. The maximum Gasteiger partial charge on any atom is 0.292 e. The number of hydrogen-bond donors (Lipinski definition) is 8. The number of carbonyl (C=O) groups excluding carboxylic acids is 8. The van der Waals surface area contributed by atoms with Gasteiger partial charge in [0.1, 0.15) is 5.82 Å². The van der Waals surface area contributed by atoms with Gasteiger partial charge in [0.15, 0.2) is 0 Å². The van der Waals surface area contributed by atoms with Crippen molar-refractivity contribution in [1.82, 2.24) is 60.8 Å². The Kier molecular flexibility index (Phi) is 29.1. The monoisotopic (exact) mass is 1690 g/mol. The molecule has 648 valence electrons. The Balaban J connectivity index is 0.000000142. The van der Waals surface area contributed by atoms with Crippen LogP contribution in [0.3, 0.4) is 0 Å². The molecular weight excluding hydrogens is 1580 g/mol. The number of Topliss-reactive ketones (excluding diaryl/α,β-unsaturated/α-hetero) is 4. The molecule has 4 aliphatic carbocycles. The van der Waals surface area contributed by atoms with Crippen molar-refractivity contribution in [3.8, 4) is 0 Å². The van der Waals surface area contributed by atoms with Crippen LogP contribution in [0.4, 0.5) is 4.39 Å². The summed E-state index contributed by atoms with van der Waals surface area (Å²) in [4.78, 5) is 123. The largest absolute Gasteiger partial charge is 0.360 e. The van der Waals surface area contributed by atoms with E-state index in [1.807, 2.05) is 127 Å². The third kappa shape index (κ3) is 21.1. The molecule has 8 aromatic carbocycles. The Morgan fingerprint density at radius 1 is 0.339 bits per heavy atom. The normalized spacial score (nSPS) is 21.4. The number of aromatic nitrogens is 4. The van der Waals surface area contributed by atoms with Crippen molar-refractivity contribution in [1.29, 1.82) is 0 Å². The number of amides is 4. The topological polar surface area (TPSA) is 261 Å². The molecule has 0 bridgehead atoms. The highest BCUT2D eigenvalue weighted by Gasteiger charge is 2.43. The molecule has 0 radical (unpaired) electrons. The molecule has 124 heavy (non-hydrogen) atoms. The first-order valence-corrected chi connectivity index (χ1v) is 43.9. The Labute approximate surface area is 731 Å². The number of benzene rings is 8. The molecule has 0 aliphatic heterocycles. The number of likely N-dealkylation sites (N-methyl/N-ethyl adjacent to an activating group) is 4. The van der Waals surface area contributed by atoms with E-state index in [4.69, 9.17) is 11.6 Å². The smallest absolute Gasteiger partial charge is 0.292 e. The van der Waals surface area contributed by atoms with Gasteiger partial charge in [-0.15, -0.1) is 0 Å². The zero-order chi connectivity index (χ0) is 88.0. The predicted octanol–water partition coefficient (Wildman–Crippen LogP) is 17.2. The minimum atomic E-state index is -0.550. The first-order chi connectivity index (χ1) is 59.5. The molecule has 4 saturated carbocycles. The van der Waals surface area contributed by atoms with Crippen LogP contribution in [0.15, 0.2) is 219 Å². The summed E-state index contributed by atoms with van der Waals surface area (Å²) in [5.74, 6) is -4.26. The van der Waals surface area contributed by atoms with Crippen LogP contribution in [0.2, 0.25) is 5.02 Å². The zero-order valence-electron chi connectivity index (χ0n) is 73.0. The molecule has 4 aromatic heterocycles. The number of aryl methyl sites for hydroxylation is 2.